The predicted octanol–water partition coefficient (Wildman–Crippen LogP) is 4.59. The van der Waals surface area contributed by atoms with E-state index in [0.29, 0.717) is 34.7 Å². The molecule has 9 heteroatoms. The van der Waals surface area contributed by atoms with Gasteiger partial charge in [-0.1, -0.05) is 24.9 Å². The van der Waals surface area contributed by atoms with Crippen molar-refractivity contribution in [2.75, 3.05) is 11.9 Å². The molecule has 8 nitrogen and oxygen atoms in total. The number of carbonyl (C=O) groups is 2. The number of imidazole rings is 1. The number of amides is 1. The first-order valence-electron chi connectivity index (χ1n) is 10.2. The Kier molecular flexibility index (Phi) is 5.76. The van der Waals surface area contributed by atoms with Crippen molar-refractivity contribution >= 4 is 35.1 Å². The molecule has 1 fully saturated rings. The minimum Gasteiger partial charge on any atom is -0.448 e. The molecule has 1 amide bonds. The highest BCUT2D eigenvalue weighted by Crippen LogP contribution is 2.40. The van der Waals surface area contributed by atoms with Gasteiger partial charge in [0.2, 0.25) is 5.91 Å². The van der Waals surface area contributed by atoms with Gasteiger partial charge in [0.1, 0.15) is 11.5 Å². The zero-order chi connectivity index (χ0) is 21.3. The van der Waals surface area contributed by atoms with Crippen LogP contribution >= 0.6 is 11.6 Å². The second kappa shape index (κ2) is 8.47. The van der Waals surface area contributed by atoms with Crippen molar-refractivity contribution in [3.8, 4) is 0 Å². The molecule has 1 saturated carbocycles. The molecule has 3 aromatic heterocycles. The van der Waals surface area contributed by atoms with Gasteiger partial charge in [-0.3, -0.25) is 4.79 Å². The lowest BCUT2D eigenvalue weighted by Gasteiger charge is -2.11. The third-order valence-electron chi connectivity index (χ3n) is 5.14. The van der Waals surface area contributed by atoms with Crippen molar-refractivity contribution < 1.29 is 14.3 Å². The number of ether oxygens (including phenoxy) is 1. The number of carbonyl (C=O) groups excluding carboxylic acids is 2. The molecule has 0 spiro atoms. The van der Waals surface area contributed by atoms with Gasteiger partial charge >= 0.3 is 6.09 Å². The van der Waals surface area contributed by atoms with E-state index < -0.39 is 12.0 Å². The quantitative estimate of drug-likeness (QED) is 0.555. The topological polar surface area (TPSA) is 90.5 Å². The van der Waals surface area contributed by atoms with Crippen molar-refractivity contribution in [1.29, 1.82) is 0 Å². The molecule has 0 aliphatic heterocycles. The number of unbranched alkanes of at least 4 members (excludes halogenated alkanes) is 1. The second-order valence-corrected chi connectivity index (χ2v) is 8.03. The van der Waals surface area contributed by atoms with Crippen molar-refractivity contribution in [3.05, 3.63) is 47.0 Å². The Morgan fingerprint density at radius 1 is 1.33 bits per heavy atom. The van der Waals surface area contributed by atoms with Crippen LogP contribution in [0.3, 0.4) is 0 Å². The Hall–Kier alpha value is -2.87. The largest absolute Gasteiger partial charge is 0.448 e. The third-order valence-corrected chi connectivity index (χ3v) is 5.37. The van der Waals surface area contributed by atoms with E-state index in [0.717, 1.165) is 36.1 Å². The molecule has 1 unspecified atom stereocenters. The smallest absolute Gasteiger partial charge is 0.436 e. The standard InChI is InChI=1S/C21H24ClN5O3/c1-3-4-9-30-21(29)27-19(10-16(25-27)14-5-6-14)24-20(28)13(2)17-12-26-11-15(22)7-8-18(26)23-17/h7-8,10-14H,3-6,9H2,1-2H3,(H,24,28). The molecule has 0 saturated heterocycles. The highest BCUT2D eigenvalue weighted by Gasteiger charge is 2.30. The van der Waals surface area contributed by atoms with Crippen molar-refractivity contribution in [1.82, 2.24) is 19.2 Å². The third kappa shape index (κ3) is 4.33. The van der Waals surface area contributed by atoms with Crippen LogP contribution in [0.2, 0.25) is 5.02 Å². The lowest BCUT2D eigenvalue weighted by atomic mass is 10.1. The molecule has 1 aliphatic rings. The summed E-state index contributed by atoms with van der Waals surface area (Å²) in [6.07, 6.45) is 6.70. The minimum atomic E-state index is -0.583. The number of fused-ring (bicyclic) bond motifs is 1. The molecule has 1 N–H and O–H groups in total. The van der Waals surface area contributed by atoms with E-state index in [-0.39, 0.29) is 5.91 Å². The summed E-state index contributed by atoms with van der Waals surface area (Å²) in [4.78, 5) is 29.9. The van der Waals surface area contributed by atoms with Gasteiger partial charge in [-0.05, 0) is 38.3 Å². The Bertz CT molecular complexity index is 1090. The summed E-state index contributed by atoms with van der Waals surface area (Å²) in [6, 6.07) is 5.30. The first-order chi connectivity index (χ1) is 14.5. The van der Waals surface area contributed by atoms with Crippen LogP contribution in [-0.4, -0.2) is 37.8 Å². The fourth-order valence-corrected chi connectivity index (χ4v) is 3.30. The summed E-state index contributed by atoms with van der Waals surface area (Å²) in [5, 5.41) is 7.78. The van der Waals surface area contributed by atoms with Crippen molar-refractivity contribution in [2.24, 2.45) is 0 Å². The van der Waals surface area contributed by atoms with Gasteiger partial charge in [0.25, 0.3) is 0 Å². The Balaban J connectivity index is 1.52. The van der Waals surface area contributed by atoms with Gasteiger partial charge in [0.05, 0.1) is 28.9 Å². The minimum absolute atomic E-state index is 0.283. The molecule has 30 heavy (non-hydrogen) atoms. The molecule has 0 radical (unpaired) electrons. The number of nitrogens with one attached hydrogen (secondary N) is 1. The van der Waals surface area contributed by atoms with E-state index in [1.54, 1.807) is 41.9 Å². The molecule has 158 valence electrons. The number of hydrogen-bond acceptors (Lipinski definition) is 5. The summed E-state index contributed by atoms with van der Waals surface area (Å²) in [5.74, 6) is -0.158. The summed E-state index contributed by atoms with van der Waals surface area (Å²) >= 11 is 6.02. The van der Waals surface area contributed by atoms with E-state index >= 15 is 0 Å². The molecular formula is C21H24ClN5O3. The second-order valence-electron chi connectivity index (χ2n) is 7.60. The lowest BCUT2D eigenvalue weighted by Crippen LogP contribution is -2.24. The van der Waals surface area contributed by atoms with E-state index in [1.807, 2.05) is 6.92 Å². The number of pyridine rings is 1. The van der Waals surface area contributed by atoms with Crippen LogP contribution in [0.25, 0.3) is 5.65 Å². The van der Waals surface area contributed by atoms with Gasteiger partial charge in [0.15, 0.2) is 0 Å². The summed E-state index contributed by atoms with van der Waals surface area (Å²) < 4.78 is 8.21. The van der Waals surface area contributed by atoms with Crippen LogP contribution in [0.15, 0.2) is 30.6 Å². The van der Waals surface area contributed by atoms with Gasteiger partial charge in [-0.2, -0.15) is 5.10 Å². The maximum absolute atomic E-state index is 12.9. The van der Waals surface area contributed by atoms with E-state index in [9.17, 15) is 9.59 Å². The average Bonchev–Trinajstić information content (AvgIpc) is 3.36. The number of halogens is 1. The monoisotopic (exact) mass is 429 g/mol. The van der Waals surface area contributed by atoms with Crippen LogP contribution < -0.4 is 5.32 Å². The fraction of sp³-hybridized carbons (Fsp3) is 0.429. The number of anilines is 1. The van der Waals surface area contributed by atoms with Crippen LogP contribution in [0.1, 0.15) is 62.8 Å². The van der Waals surface area contributed by atoms with E-state index in [4.69, 9.17) is 16.3 Å². The zero-order valence-electron chi connectivity index (χ0n) is 17.0. The van der Waals surface area contributed by atoms with E-state index in [2.05, 4.69) is 15.4 Å². The molecular weight excluding hydrogens is 406 g/mol. The zero-order valence-corrected chi connectivity index (χ0v) is 17.7. The molecule has 1 aliphatic carbocycles. The molecule has 1 atom stereocenters. The highest BCUT2D eigenvalue weighted by molar-refractivity contribution is 6.30. The number of rotatable bonds is 7. The van der Waals surface area contributed by atoms with Crippen molar-refractivity contribution in [2.45, 2.75) is 51.4 Å². The number of nitrogens with zero attached hydrogens (tertiary/aromatic N) is 4. The fourth-order valence-electron chi connectivity index (χ4n) is 3.13. The average molecular weight is 430 g/mol. The SMILES string of the molecule is CCCCOC(=O)n1nc(C2CC2)cc1NC(=O)C(C)c1cn2cc(Cl)ccc2n1. The maximum atomic E-state index is 12.9. The van der Waals surface area contributed by atoms with Crippen LogP contribution in [-0.2, 0) is 9.53 Å². The van der Waals surface area contributed by atoms with Crippen LogP contribution in [0.5, 0.6) is 0 Å². The maximum Gasteiger partial charge on any atom is 0.436 e. The van der Waals surface area contributed by atoms with Gasteiger partial charge in [-0.25, -0.2) is 9.78 Å². The van der Waals surface area contributed by atoms with Gasteiger partial charge < -0.3 is 14.5 Å². The summed E-state index contributed by atoms with van der Waals surface area (Å²) in [6.45, 7) is 4.11. The number of hydrogen-bond donors (Lipinski definition) is 1. The normalized spacial score (nSPS) is 14.6. The number of aromatic nitrogens is 4. The Labute approximate surface area is 179 Å². The first kappa shape index (κ1) is 20.4. The molecule has 4 rings (SSSR count). The van der Waals surface area contributed by atoms with Gasteiger partial charge in [-0.15, -0.1) is 4.68 Å². The summed E-state index contributed by atoms with van der Waals surface area (Å²) in [5.41, 5.74) is 2.11. The molecule has 3 aromatic rings. The lowest BCUT2D eigenvalue weighted by molar-refractivity contribution is -0.117. The van der Waals surface area contributed by atoms with Crippen molar-refractivity contribution in [3.63, 3.8) is 0 Å². The van der Waals surface area contributed by atoms with Crippen LogP contribution in [0.4, 0.5) is 10.6 Å². The Morgan fingerprint density at radius 2 is 2.13 bits per heavy atom. The Morgan fingerprint density at radius 3 is 2.87 bits per heavy atom. The molecule has 0 aromatic carbocycles. The predicted molar refractivity (Wildman–Crippen MR) is 113 cm³/mol. The highest BCUT2D eigenvalue weighted by atomic mass is 35.5. The van der Waals surface area contributed by atoms with Crippen LogP contribution in [0, 0.1) is 0 Å². The summed E-state index contributed by atoms with van der Waals surface area (Å²) in [7, 11) is 0. The molecule has 0 bridgehead atoms. The molecule has 3 heterocycles. The van der Waals surface area contributed by atoms with E-state index in [1.165, 1.54) is 0 Å². The van der Waals surface area contributed by atoms with Gasteiger partial charge in [0, 0.05) is 24.4 Å². The first-order valence-corrected chi connectivity index (χ1v) is 10.6.